The van der Waals surface area contributed by atoms with Crippen LogP contribution >= 0.6 is 11.3 Å². The number of piperidine rings is 1. The Morgan fingerprint density at radius 2 is 2.00 bits per heavy atom. The molecule has 0 aliphatic carbocycles. The number of nitrogens with zero attached hydrogens (tertiary/aromatic N) is 3. The number of rotatable bonds is 6. The lowest BCUT2D eigenvalue weighted by Gasteiger charge is -2.35. The number of thiophene rings is 1. The topological polar surface area (TPSA) is 49.3 Å². The van der Waals surface area contributed by atoms with Crippen LogP contribution in [0.5, 0.6) is 11.5 Å². The molecule has 0 radical (unpaired) electrons. The molecule has 0 bridgehead atoms. The number of methoxy groups -OCH3 is 2. The zero-order valence-electron chi connectivity index (χ0n) is 18.9. The summed E-state index contributed by atoms with van der Waals surface area (Å²) in [5, 5.41) is 5.84. The maximum atomic E-state index is 5.51. The van der Waals surface area contributed by atoms with Crippen LogP contribution in [-0.2, 0) is 19.5 Å². The number of hydrogen-bond donors (Lipinski definition) is 1. The third-order valence-electron chi connectivity index (χ3n) is 6.34. The number of aliphatic imine (C=N–C) groups is 1. The second-order valence-electron chi connectivity index (χ2n) is 8.40. The van der Waals surface area contributed by atoms with Gasteiger partial charge in [0.1, 0.15) is 0 Å². The zero-order valence-corrected chi connectivity index (χ0v) is 19.7. The van der Waals surface area contributed by atoms with Gasteiger partial charge in [-0.1, -0.05) is 6.07 Å². The number of hydrogen-bond acceptors (Lipinski definition) is 5. The Balaban J connectivity index is 1.33. The monoisotopic (exact) mass is 442 g/mol. The highest BCUT2D eigenvalue weighted by molar-refractivity contribution is 7.09. The van der Waals surface area contributed by atoms with E-state index in [4.69, 9.17) is 9.47 Å². The first kappa shape index (κ1) is 22.0. The van der Waals surface area contributed by atoms with E-state index in [0.29, 0.717) is 5.92 Å². The molecule has 1 atom stereocenters. The predicted octanol–water partition coefficient (Wildman–Crippen LogP) is 3.61. The lowest BCUT2D eigenvalue weighted by atomic mass is 9.97. The molecule has 1 fully saturated rings. The molecule has 1 N–H and O–H groups in total. The van der Waals surface area contributed by atoms with Crippen molar-refractivity contribution in [2.45, 2.75) is 32.4 Å². The lowest BCUT2D eigenvalue weighted by Crippen LogP contribution is -2.47. The molecule has 7 heteroatoms. The highest BCUT2D eigenvalue weighted by Gasteiger charge is 2.24. The van der Waals surface area contributed by atoms with Crippen molar-refractivity contribution in [2.75, 3.05) is 47.4 Å². The largest absolute Gasteiger partial charge is 0.493 e. The molecule has 2 aliphatic heterocycles. The van der Waals surface area contributed by atoms with Gasteiger partial charge >= 0.3 is 0 Å². The summed E-state index contributed by atoms with van der Waals surface area (Å²) in [6.07, 6.45) is 3.54. The number of nitrogens with one attached hydrogen (secondary N) is 1. The normalized spacial score (nSPS) is 19.8. The first-order chi connectivity index (χ1) is 15.2. The van der Waals surface area contributed by atoms with Crippen molar-refractivity contribution in [1.82, 2.24) is 15.1 Å². The third kappa shape index (κ3) is 5.33. The fraction of sp³-hybridized carbons (Fsp3) is 0.542. The summed E-state index contributed by atoms with van der Waals surface area (Å²) in [6.45, 7) is 6.21. The van der Waals surface area contributed by atoms with E-state index < -0.39 is 0 Å². The molecule has 2 aromatic rings. The maximum absolute atomic E-state index is 5.51. The van der Waals surface area contributed by atoms with Crippen molar-refractivity contribution in [3.63, 3.8) is 0 Å². The number of ether oxygens (including phenoxy) is 2. The summed E-state index contributed by atoms with van der Waals surface area (Å²) in [7, 11) is 5.27. The lowest BCUT2D eigenvalue weighted by molar-refractivity contribution is 0.169. The van der Waals surface area contributed by atoms with Crippen LogP contribution in [-0.4, -0.2) is 63.2 Å². The van der Waals surface area contributed by atoms with E-state index in [0.717, 1.165) is 56.6 Å². The van der Waals surface area contributed by atoms with E-state index in [9.17, 15) is 0 Å². The quantitative estimate of drug-likeness (QED) is 0.547. The van der Waals surface area contributed by atoms with Crippen molar-refractivity contribution in [2.24, 2.45) is 10.9 Å². The molecule has 2 aliphatic rings. The van der Waals surface area contributed by atoms with Crippen molar-refractivity contribution < 1.29 is 9.47 Å². The van der Waals surface area contributed by atoms with Gasteiger partial charge in [-0.2, -0.15) is 0 Å². The van der Waals surface area contributed by atoms with Crippen molar-refractivity contribution in [1.29, 1.82) is 0 Å². The summed E-state index contributed by atoms with van der Waals surface area (Å²) in [5.74, 6) is 3.25. The molecule has 1 saturated heterocycles. The zero-order chi connectivity index (χ0) is 21.6. The van der Waals surface area contributed by atoms with Crippen LogP contribution in [0.2, 0.25) is 0 Å². The first-order valence-electron chi connectivity index (χ1n) is 11.1. The Morgan fingerprint density at radius 1 is 1.19 bits per heavy atom. The second kappa shape index (κ2) is 10.4. The second-order valence-corrected chi connectivity index (χ2v) is 9.43. The first-order valence-corrected chi connectivity index (χ1v) is 12.0. The Hall–Kier alpha value is -2.25. The molecule has 0 spiro atoms. The van der Waals surface area contributed by atoms with Crippen LogP contribution in [0, 0.1) is 5.92 Å². The van der Waals surface area contributed by atoms with Crippen molar-refractivity contribution >= 4 is 17.3 Å². The van der Waals surface area contributed by atoms with Gasteiger partial charge in [-0.15, -0.1) is 11.3 Å². The van der Waals surface area contributed by atoms with E-state index in [2.05, 4.69) is 49.8 Å². The van der Waals surface area contributed by atoms with E-state index in [1.165, 1.54) is 35.4 Å². The number of benzene rings is 1. The molecule has 3 heterocycles. The van der Waals surface area contributed by atoms with Crippen molar-refractivity contribution in [3.8, 4) is 11.5 Å². The summed E-state index contributed by atoms with van der Waals surface area (Å²) in [5.41, 5.74) is 2.62. The molecule has 1 aromatic carbocycles. The van der Waals surface area contributed by atoms with Gasteiger partial charge < -0.3 is 19.7 Å². The summed E-state index contributed by atoms with van der Waals surface area (Å²) < 4.78 is 11.0. The average molecular weight is 443 g/mol. The predicted molar refractivity (Wildman–Crippen MR) is 127 cm³/mol. The molecular weight excluding hydrogens is 408 g/mol. The van der Waals surface area contributed by atoms with Gasteiger partial charge in [-0.3, -0.25) is 9.89 Å². The minimum Gasteiger partial charge on any atom is -0.493 e. The molecule has 4 rings (SSSR count). The molecule has 0 amide bonds. The smallest absolute Gasteiger partial charge is 0.193 e. The van der Waals surface area contributed by atoms with Gasteiger partial charge in [0.15, 0.2) is 17.5 Å². The van der Waals surface area contributed by atoms with Gasteiger partial charge in [0.05, 0.1) is 14.2 Å². The van der Waals surface area contributed by atoms with Crippen molar-refractivity contribution in [3.05, 3.63) is 45.6 Å². The van der Waals surface area contributed by atoms with Gasteiger partial charge in [-0.05, 0) is 66.4 Å². The van der Waals surface area contributed by atoms with E-state index >= 15 is 0 Å². The number of fused-ring (bicyclic) bond motifs is 1. The number of guanidine groups is 1. The standard InChI is InChI=1S/C24H34N4O2S/c1-25-24(26-14-18-6-4-9-27(15-18)17-21-7-5-11-31-21)28-10-8-19-12-22(29-2)23(30-3)13-20(19)16-28/h5,7,11-13,18H,4,6,8-10,14-17H2,1-3H3,(H,25,26). The van der Waals surface area contributed by atoms with Gasteiger partial charge in [-0.25, -0.2) is 0 Å². The Labute approximate surface area is 189 Å². The fourth-order valence-corrected chi connectivity index (χ4v) is 5.46. The van der Waals surface area contributed by atoms with E-state index in [1.54, 1.807) is 14.2 Å². The molecular formula is C24H34N4O2S. The minimum absolute atomic E-state index is 0.659. The van der Waals surface area contributed by atoms with E-state index in [1.807, 2.05) is 18.4 Å². The SMILES string of the molecule is CN=C(NCC1CCCN(Cc2cccs2)C1)N1CCc2cc(OC)c(OC)cc2C1. The highest BCUT2D eigenvalue weighted by Crippen LogP contribution is 2.33. The van der Waals surface area contributed by atoms with Crippen LogP contribution in [0.4, 0.5) is 0 Å². The summed E-state index contributed by atoms with van der Waals surface area (Å²) >= 11 is 1.86. The Kier molecular flexibility index (Phi) is 7.35. The molecule has 168 valence electrons. The molecule has 1 unspecified atom stereocenters. The fourth-order valence-electron chi connectivity index (χ4n) is 4.72. The van der Waals surface area contributed by atoms with Crippen LogP contribution in [0.15, 0.2) is 34.6 Å². The van der Waals surface area contributed by atoms with Crippen LogP contribution in [0.1, 0.15) is 28.8 Å². The third-order valence-corrected chi connectivity index (χ3v) is 7.20. The molecule has 31 heavy (non-hydrogen) atoms. The molecule has 0 saturated carbocycles. The Bertz CT molecular complexity index is 884. The van der Waals surface area contributed by atoms with Gasteiger partial charge in [0.25, 0.3) is 0 Å². The van der Waals surface area contributed by atoms with Gasteiger partial charge in [0, 0.05) is 44.6 Å². The average Bonchev–Trinajstić information content (AvgIpc) is 3.31. The summed E-state index contributed by atoms with van der Waals surface area (Å²) in [4.78, 5) is 11.0. The van der Waals surface area contributed by atoms with E-state index in [-0.39, 0.29) is 0 Å². The highest BCUT2D eigenvalue weighted by atomic mass is 32.1. The molecule has 1 aromatic heterocycles. The summed E-state index contributed by atoms with van der Waals surface area (Å²) in [6, 6.07) is 8.62. The van der Waals surface area contributed by atoms with Gasteiger partial charge in [0.2, 0.25) is 0 Å². The number of likely N-dealkylation sites (tertiary alicyclic amines) is 1. The Morgan fingerprint density at radius 3 is 2.71 bits per heavy atom. The van der Waals surface area contributed by atoms with Crippen LogP contribution in [0.25, 0.3) is 0 Å². The molecule has 6 nitrogen and oxygen atoms in total. The van der Waals surface area contributed by atoms with Crippen LogP contribution in [0.3, 0.4) is 0 Å². The minimum atomic E-state index is 0.659. The van der Waals surface area contributed by atoms with Crippen LogP contribution < -0.4 is 14.8 Å². The maximum Gasteiger partial charge on any atom is 0.193 e.